The molecular formula is C27H24ClN3O2S. The van der Waals surface area contributed by atoms with E-state index in [0.29, 0.717) is 23.3 Å². The highest BCUT2D eigenvalue weighted by Gasteiger charge is 2.61. The molecule has 0 aliphatic carbocycles. The Bertz CT molecular complexity index is 1250. The van der Waals surface area contributed by atoms with Gasteiger partial charge in [-0.15, -0.1) is 11.8 Å². The van der Waals surface area contributed by atoms with Crippen LogP contribution in [0.15, 0.2) is 78.9 Å². The van der Waals surface area contributed by atoms with Gasteiger partial charge in [0.25, 0.3) is 5.91 Å². The fourth-order valence-corrected chi connectivity index (χ4v) is 6.93. The molecule has 1 spiro atoms. The van der Waals surface area contributed by atoms with Crippen molar-refractivity contribution in [2.75, 3.05) is 35.3 Å². The first-order chi connectivity index (χ1) is 16.6. The summed E-state index contributed by atoms with van der Waals surface area (Å²) >= 11 is 7.51. The number of amides is 2. The van der Waals surface area contributed by atoms with E-state index in [1.165, 1.54) is 17.3 Å². The quantitative estimate of drug-likeness (QED) is 0.513. The Kier molecular flexibility index (Phi) is 5.40. The van der Waals surface area contributed by atoms with Crippen molar-refractivity contribution >= 4 is 46.6 Å². The van der Waals surface area contributed by atoms with Crippen LogP contribution in [0, 0.1) is 0 Å². The molecule has 2 atom stereocenters. The Labute approximate surface area is 208 Å². The highest BCUT2D eigenvalue weighted by molar-refractivity contribution is 8.02. The van der Waals surface area contributed by atoms with Gasteiger partial charge in [-0.1, -0.05) is 60.1 Å². The van der Waals surface area contributed by atoms with Crippen LogP contribution < -0.4 is 9.80 Å². The third-order valence-corrected chi connectivity index (χ3v) is 8.67. The first-order valence-electron chi connectivity index (χ1n) is 11.5. The zero-order valence-electron chi connectivity index (χ0n) is 18.6. The smallest absolute Gasteiger partial charge is 0.269 e. The number of carbonyl (C=O) groups excluding carboxylic acids is 2. The number of fused-ring (bicyclic) bond motifs is 2. The number of halogens is 1. The van der Waals surface area contributed by atoms with Gasteiger partial charge in [-0.05, 0) is 48.2 Å². The molecule has 172 valence electrons. The lowest BCUT2D eigenvalue weighted by molar-refractivity contribution is -0.123. The maximum Gasteiger partial charge on any atom is 0.269 e. The minimum absolute atomic E-state index is 0.0531. The molecule has 3 heterocycles. The molecule has 2 saturated heterocycles. The number of nitrogens with zero attached hydrogens (tertiary/aromatic N) is 3. The number of thioether (sulfide) groups is 1. The second kappa shape index (κ2) is 8.45. The summed E-state index contributed by atoms with van der Waals surface area (Å²) in [5, 5.41) is 0.596. The van der Waals surface area contributed by atoms with E-state index < -0.39 is 4.87 Å². The van der Waals surface area contributed by atoms with Crippen LogP contribution in [-0.4, -0.2) is 42.2 Å². The van der Waals surface area contributed by atoms with Crippen LogP contribution in [0.25, 0.3) is 0 Å². The summed E-state index contributed by atoms with van der Waals surface area (Å²) < 4.78 is 0. The zero-order chi connectivity index (χ0) is 23.3. The summed E-state index contributed by atoms with van der Waals surface area (Å²) in [6.07, 6.45) is 1.07. The molecule has 7 heteroatoms. The van der Waals surface area contributed by atoms with Gasteiger partial charge in [0.05, 0.1) is 18.1 Å². The largest absolute Gasteiger partial charge is 0.295 e. The molecule has 5 nitrogen and oxygen atoms in total. The first kappa shape index (κ1) is 21.7. The van der Waals surface area contributed by atoms with E-state index in [0.717, 1.165) is 30.8 Å². The normalized spacial score (nSPS) is 24.4. The maximum absolute atomic E-state index is 14.2. The van der Waals surface area contributed by atoms with E-state index in [4.69, 9.17) is 11.6 Å². The molecule has 0 aromatic heterocycles. The fourth-order valence-electron chi connectivity index (χ4n) is 5.44. The van der Waals surface area contributed by atoms with E-state index in [1.807, 2.05) is 47.4 Å². The van der Waals surface area contributed by atoms with Crippen molar-refractivity contribution in [3.63, 3.8) is 0 Å². The Balaban J connectivity index is 1.33. The summed E-state index contributed by atoms with van der Waals surface area (Å²) in [5.41, 5.74) is 3.80. The van der Waals surface area contributed by atoms with Gasteiger partial charge in [-0.25, -0.2) is 0 Å². The standard InChI is InChI=1S/C27H24ClN3O2S/c28-21-10-12-22(13-11-21)31-25(32)17-34-27(31)23-8-4-5-9-24(23)30(26(27)33)18-29-15-14-20(16-29)19-6-2-1-3-7-19/h1-13,20H,14-18H2/t20-,27-/m0/s1. The molecule has 0 N–H and O–H groups in total. The number of anilines is 2. The first-order valence-corrected chi connectivity index (χ1v) is 12.9. The molecule has 3 aliphatic rings. The van der Waals surface area contributed by atoms with Crippen LogP contribution in [0.5, 0.6) is 0 Å². The fraction of sp³-hybridized carbons (Fsp3) is 0.259. The molecule has 3 aromatic carbocycles. The summed E-state index contributed by atoms with van der Waals surface area (Å²) in [6, 6.07) is 25.6. The number of para-hydroxylation sites is 1. The molecule has 2 amide bonds. The predicted octanol–water partition coefficient (Wildman–Crippen LogP) is 5.07. The zero-order valence-corrected chi connectivity index (χ0v) is 20.1. The van der Waals surface area contributed by atoms with Crippen LogP contribution in [0.3, 0.4) is 0 Å². The lowest BCUT2D eigenvalue weighted by Crippen LogP contribution is -2.51. The number of rotatable bonds is 4. The van der Waals surface area contributed by atoms with E-state index in [1.54, 1.807) is 17.0 Å². The van der Waals surface area contributed by atoms with Crippen molar-refractivity contribution in [2.24, 2.45) is 0 Å². The minimum Gasteiger partial charge on any atom is -0.295 e. The summed E-state index contributed by atoms with van der Waals surface area (Å²) in [5.74, 6) is 0.609. The Hall–Kier alpha value is -2.80. The molecule has 0 radical (unpaired) electrons. The van der Waals surface area contributed by atoms with Crippen molar-refractivity contribution in [3.8, 4) is 0 Å². The summed E-state index contributed by atoms with van der Waals surface area (Å²) in [7, 11) is 0. The van der Waals surface area contributed by atoms with Crippen LogP contribution in [0.1, 0.15) is 23.5 Å². The minimum atomic E-state index is -1.08. The summed E-state index contributed by atoms with van der Waals surface area (Å²) in [4.78, 5) is 32.1. The topological polar surface area (TPSA) is 43.9 Å². The molecule has 3 aromatic rings. The number of hydrogen-bond acceptors (Lipinski definition) is 4. The van der Waals surface area contributed by atoms with E-state index in [2.05, 4.69) is 29.2 Å². The highest BCUT2D eigenvalue weighted by Crippen LogP contribution is 2.55. The van der Waals surface area contributed by atoms with E-state index in [-0.39, 0.29) is 17.6 Å². The molecule has 34 heavy (non-hydrogen) atoms. The second-order valence-electron chi connectivity index (χ2n) is 9.00. The van der Waals surface area contributed by atoms with Crippen molar-refractivity contribution in [1.29, 1.82) is 0 Å². The van der Waals surface area contributed by atoms with Gasteiger partial charge in [-0.2, -0.15) is 0 Å². The lowest BCUT2D eigenvalue weighted by Gasteiger charge is -2.33. The number of carbonyl (C=O) groups is 2. The predicted molar refractivity (Wildman–Crippen MR) is 137 cm³/mol. The van der Waals surface area contributed by atoms with Gasteiger partial charge in [0.15, 0.2) is 0 Å². The van der Waals surface area contributed by atoms with Crippen LogP contribution >= 0.6 is 23.4 Å². The van der Waals surface area contributed by atoms with Crippen molar-refractivity contribution in [1.82, 2.24) is 4.90 Å². The average Bonchev–Trinajstić information content (AvgIpc) is 3.54. The van der Waals surface area contributed by atoms with Gasteiger partial charge in [0.2, 0.25) is 10.8 Å². The van der Waals surface area contributed by atoms with Gasteiger partial charge >= 0.3 is 0 Å². The molecule has 2 fully saturated rings. The number of benzene rings is 3. The average molecular weight is 490 g/mol. The van der Waals surface area contributed by atoms with Crippen LogP contribution in [0.2, 0.25) is 5.02 Å². The van der Waals surface area contributed by atoms with Crippen molar-refractivity contribution in [3.05, 3.63) is 95.0 Å². The summed E-state index contributed by atoms with van der Waals surface area (Å²) in [6.45, 7) is 2.37. The molecule has 0 unspecified atom stereocenters. The Morgan fingerprint density at radius 2 is 1.68 bits per heavy atom. The van der Waals surface area contributed by atoms with Crippen LogP contribution in [0.4, 0.5) is 11.4 Å². The molecule has 6 rings (SSSR count). The third kappa shape index (κ3) is 3.35. The monoisotopic (exact) mass is 489 g/mol. The highest BCUT2D eigenvalue weighted by atomic mass is 35.5. The van der Waals surface area contributed by atoms with Gasteiger partial charge in [-0.3, -0.25) is 24.3 Å². The van der Waals surface area contributed by atoms with Crippen molar-refractivity contribution < 1.29 is 9.59 Å². The van der Waals surface area contributed by atoms with E-state index >= 15 is 0 Å². The Morgan fingerprint density at radius 1 is 0.941 bits per heavy atom. The Morgan fingerprint density at radius 3 is 2.47 bits per heavy atom. The van der Waals surface area contributed by atoms with Crippen LogP contribution in [-0.2, 0) is 14.5 Å². The molecule has 0 saturated carbocycles. The molecular weight excluding hydrogens is 466 g/mol. The molecule has 0 bridgehead atoms. The van der Waals surface area contributed by atoms with E-state index in [9.17, 15) is 9.59 Å². The van der Waals surface area contributed by atoms with Gasteiger partial charge in [0, 0.05) is 29.4 Å². The number of hydrogen-bond donors (Lipinski definition) is 0. The maximum atomic E-state index is 14.2. The van der Waals surface area contributed by atoms with Gasteiger partial charge < -0.3 is 0 Å². The van der Waals surface area contributed by atoms with Gasteiger partial charge in [0.1, 0.15) is 0 Å². The van der Waals surface area contributed by atoms with Crippen molar-refractivity contribution in [2.45, 2.75) is 17.2 Å². The number of likely N-dealkylation sites (tertiary alicyclic amines) is 1. The SMILES string of the molecule is O=C1CS[C@@]2(C(=O)N(CN3CC[C@H](c4ccccc4)C3)c3ccccc32)N1c1ccc(Cl)cc1. The molecule has 3 aliphatic heterocycles. The second-order valence-corrected chi connectivity index (χ2v) is 10.6. The lowest BCUT2D eigenvalue weighted by atomic mass is 9.99. The third-order valence-electron chi connectivity index (χ3n) is 7.03.